The molecule has 3 rings (SSSR count). The van der Waals surface area contributed by atoms with E-state index in [1.165, 1.54) is 16.7 Å². The highest BCUT2D eigenvalue weighted by atomic mass is 31.3. The van der Waals surface area contributed by atoms with Crippen LogP contribution >= 0.6 is 23.5 Å². The van der Waals surface area contributed by atoms with Crippen LogP contribution in [0.3, 0.4) is 0 Å². The minimum absolute atomic E-state index is 0.181. The van der Waals surface area contributed by atoms with Gasteiger partial charge in [-0.15, -0.1) is 0 Å². The number of ether oxygens (including phenoxy) is 1. The topological polar surface area (TPSA) is 293 Å². The summed E-state index contributed by atoms with van der Waals surface area (Å²) in [5, 5.41) is 22.4. The number of rotatable bonds is 19. The van der Waals surface area contributed by atoms with Crippen molar-refractivity contribution in [2.45, 2.75) is 104 Å². The smallest absolute Gasteiger partial charge is 0.387 e. The van der Waals surface area contributed by atoms with Crippen LogP contribution in [0.25, 0.3) is 11.2 Å². The van der Waals surface area contributed by atoms with E-state index in [1.807, 2.05) is 11.9 Å². The summed E-state index contributed by atoms with van der Waals surface area (Å²) in [6.45, 7) is 9.10. The number of aliphatic hydroxyl groups is 2. The fourth-order valence-corrected chi connectivity index (χ4v) is 8.50. The molecule has 19 nitrogen and oxygen atoms in total. The third-order valence-corrected chi connectivity index (χ3v) is 11.9. The molecule has 1 fully saturated rings. The molecule has 1 aliphatic rings. The van der Waals surface area contributed by atoms with Crippen molar-refractivity contribution in [1.82, 2.24) is 19.5 Å². The van der Waals surface area contributed by atoms with Crippen molar-refractivity contribution in [3.05, 3.63) is 73.8 Å². The van der Waals surface area contributed by atoms with Crippen molar-refractivity contribution in [1.29, 1.82) is 0 Å². The first-order valence-corrected chi connectivity index (χ1v) is 20.7. The second kappa shape index (κ2) is 18.2. The Labute approximate surface area is 299 Å². The molecule has 0 spiro atoms. The maximum absolute atomic E-state index is 12.4. The molecule has 2 unspecified atom stereocenters. The van der Waals surface area contributed by atoms with Crippen LogP contribution in [0.15, 0.2) is 62.5 Å². The Bertz CT molecular complexity index is 1960. The predicted molar refractivity (Wildman–Crippen MR) is 189 cm³/mol. The molecule has 292 valence electrons. The molecule has 8 N–H and O–H groups in total. The molecule has 3 heterocycles. The summed E-state index contributed by atoms with van der Waals surface area (Å²) in [6.07, 6.45) is 8.96. The lowest BCUT2D eigenvalue weighted by molar-refractivity contribution is -0.142. The molecule has 6 atom stereocenters. The molecule has 1 saturated heterocycles. The molecule has 0 saturated carbocycles. The molecule has 0 amide bonds. The number of phosphoric ester groups is 1. The fourth-order valence-electron chi connectivity index (χ4n) is 5.47. The number of fused-ring (bicyclic) bond motifs is 1. The number of allylic oxidation sites excluding steroid dienone is 7. The molecule has 22 heteroatoms. The lowest BCUT2D eigenvalue weighted by Gasteiger charge is -2.33. The lowest BCUT2D eigenvalue weighted by atomic mass is 9.97. The van der Waals surface area contributed by atoms with Gasteiger partial charge >= 0.3 is 29.2 Å². The van der Waals surface area contributed by atoms with Crippen LogP contribution in [-0.2, 0) is 37.3 Å². The average molecular weight is 797 g/mol. The van der Waals surface area contributed by atoms with Gasteiger partial charge in [0.2, 0.25) is 0 Å². The number of imidazole rings is 1. The van der Waals surface area contributed by atoms with E-state index in [4.69, 9.17) is 14.5 Å². The number of hydrogen-bond acceptors (Lipinski definition) is 12. The first-order valence-electron chi connectivity index (χ1n) is 16.2. The van der Waals surface area contributed by atoms with Gasteiger partial charge in [0, 0.05) is 6.42 Å². The highest BCUT2D eigenvalue weighted by Gasteiger charge is 2.56. The molecule has 52 heavy (non-hydrogen) atoms. The normalized spacial score (nSPS) is 24.2. The van der Waals surface area contributed by atoms with Crippen LogP contribution in [0.5, 0.6) is 0 Å². The van der Waals surface area contributed by atoms with Crippen LogP contribution in [0.1, 0.15) is 79.6 Å². The number of aromatic nitrogens is 4. The number of phosphoric acid groups is 3. The summed E-state index contributed by atoms with van der Waals surface area (Å²) in [5.41, 5.74) is 0.524. The van der Waals surface area contributed by atoms with Crippen LogP contribution in [-0.4, -0.2) is 74.2 Å². The first-order chi connectivity index (χ1) is 24.0. The molecular formula is C30H47N4O15P3. The zero-order chi connectivity index (χ0) is 39.1. The van der Waals surface area contributed by atoms with E-state index in [0.717, 1.165) is 42.2 Å². The van der Waals surface area contributed by atoms with E-state index in [1.54, 1.807) is 6.08 Å². The third-order valence-electron chi connectivity index (χ3n) is 8.09. The SMILES string of the molecule is CC(C)=CCCC(C)=CCCC(C)=CCCC(C)=CC[C@@]1(n2cnc3c(=O)[nH]c(=O)[nH]c32)O[C@H](COP(=O)(O)OP(=O)(O)OP(=O)(O)O)[C@@H](O)[C@H]1O. The zero-order valence-electron chi connectivity index (χ0n) is 29.4. The van der Waals surface area contributed by atoms with Gasteiger partial charge in [-0.3, -0.25) is 23.9 Å². The van der Waals surface area contributed by atoms with Gasteiger partial charge in [0.15, 0.2) is 11.2 Å². The van der Waals surface area contributed by atoms with Crippen molar-refractivity contribution < 1.29 is 61.4 Å². The Hall–Kier alpha value is -2.60. The Morgan fingerprint density at radius 1 is 0.865 bits per heavy atom. The second-order valence-electron chi connectivity index (χ2n) is 12.8. The molecule has 0 bridgehead atoms. The monoisotopic (exact) mass is 796 g/mol. The standard InChI is InChI=1S/C30H47N4O15P3/c1-19(2)9-6-10-20(3)11-7-12-21(4)13-8-14-22(5)15-16-30(34-18-31-24-27(34)32-29(38)33-28(24)37)26(36)25(35)23(47-30)17-46-51(42,43)49-52(44,45)48-50(39,40)41/h9,11,13,15,18,23,25-26,35-36H,6-8,10,12,14,16-17H2,1-5H3,(H,42,43)(H,44,45)(H2,39,40,41)(H2,32,33,37,38)/t23-,25-,26-,30-/m1/s1. The summed E-state index contributed by atoms with van der Waals surface area (Å²) < 4.78 is 54.2. The van der Waals surface area contributed by atoms with Crippen molar-refractivity contribution in [2.24, 2.45) is 0 Å². The number of aromatic amines is 2. The highest BCUT2D eigenvalue weighted by molar-refractivity contribution is 7.66. The van der Waals surface area contributed by atoms with Gasteiger partial charge in [0.05, 0.1) is 12.9 Å². The minimum Gasteiger partial charge on any atom is -0.387 e. The quantitative estimate of drug-likeness (QED) is 0.0734. The maximum Gasteiger partial charge on any atom is 0.490 e. The summed E-state index contributed by atoms with van der Waals surface area (Å²) >= 11 is 0. The number of hydrogen-bond donors (Lipinski definition) is 8. The van der Waals surface area contributed by atoms with Gasteiger partial charge in [-0.1, -0.05) is 46.6 Å². The van der Waals surface area contributed by atoms with Gasteiger partial charge in [0.25, 0.3) is 5.56 Å². The molecule has 1 aliphatic heterocycles. The highest BCUT2D eigenvalue weighted by Crippen LogP contribution is 2.66. The predicted octanol–water partition coefficient (Wildman–Crippen LogP) is 4.07. The van der Waals surface area contributed by atoms with Crippen molar-refractivity contribution >= 4 is 34.6 Å². The van der Waals surface area contributed by atoms with Gasteiger partial charge in [-0.25, -0.2) is 23.5 Å². The van der Waals surface area contributed by atoms with Gasteiger partial charge < -0.3 is 34.5 Å². The number of nitrogens with zero attached hydrogens (tertiary/aromatic N) is 2. The van der Waals surface area contributed by atoms with Crippen LogP contribution < -0.4 is 11.2 Å². The number of H-pyrrole nitrogens is 2. The lowest BCUT2D eigenvalue weighted by Crippen LogP contribution is -2.45. The van der Waals surface area contributed by atoms with Crippen molar-refractivity contribution in [2.75, 3.05) is 6.61 Å². The van der Waals surface area contributed by atoms with Crippen LogP contribution in [0.2, 0.25) is 0 Å². The number of aliphatic hydroxyl groups excluding tert-OH is 2. The Kier molecular flexibility index (Phi) is 15.3. The van der Waals surface area contributed by atoms with Crippen molar-refractivity contribution in [3.8, 4) is 0 Å². The average Bonchev–Trinajstić information content (AvgIpc) is 3.52. The second-order valence-corrected chi connectivity index (χ2v) is 17.2. The van der Waals surface area contributed by atoms with E-state index >= 15 is 0 Å². The molecule has 2 aromatic heterocycles. The molecule has 0 radical (unpaired) electrons. The summed E-state index contributed by atoms with van der Waals surface area (Å²) in [5.74, 6) is 0. The third kappa shape index (κ3) is 12.8. The molecule has 0 aliphatic carbocycles. The maximum atomic E-state index is 12.4. The Morgan fingerprint density at radius 2 is 1.42 bits per heavy atom. The Balaban J connectivity index is 1.79. The van der Waals surface area contributed by atoms with Gasteiger partial charge in [-0.05, 0) is 73.1 Å². The fraction of sp³-hybridized carbons (Fsp3) is 0.567. The summed E-state index contributed by atoms with van der Waals surface area (Å²) in [7, 11) is -17.1. The van der Waals surface area contributed by atoms with E-state index < -0.39 is 65.4 Å². The van der Waals surface area contributed by atoms with E-state index in [9.17, 15) is 43.3 Å². The molecular weight excluding hydrogens is 749 g/mol. The van der Waals surface area contributed by atoms with E-state index in [2.05, 4.69) is 69.0 Å². The molecule has 2 aromatic rings. The van der Waals surface area contributed by atoms with Crippen LogP contribution in [0, 0.1) is 0 Å². The summed E-state index contributed by atoms with van der Waals surface area (Å²) in [6, 6.07) is 0. The van der Waals surface area contributed by atoms with Gasteiger partial charge in [-0.2, -0.15) is 8.62 Å². The van der Waals surface area contributed by atoms with Crippen molar-refractivity contribution in [3.63, 3.8) is 0 Å². The van der Waals surface area contributed by atoms with E-state index in [0.29, 0.717) is 12.8 Å². The zero-order valence-corrected chi connectivity index (χ0v) is 32.1. The summed E-state index contributed by atoms with van der Waals surface area (Å²) in [4.78, 5) is 69.9. The first kappa shape index (κ1) is 43.8. The largest absolute Gasteiger partial charge is 0.490 e. The van der Waals surface area contributed by atoms with Gasteiger partial charge in [0.1, 0.15) is 24.0 Å². The Morgan fingerprint density at radius 3 is 1.98 bits per heavy atom. The number of nitrogens with one attached hydrogen (secondary N) is 2. The minimum atomic E-state index is -5.83. The van der Waals surface area contributed by atoms with Crippen LogP contribution in [0.4, 0.5) is 0 Å². The van der Waals surface area contributed by atoms with E-state index in [-0.39, 0.29) is 17.6 Å². The molecule has 0 aromatic carbocycles.